The Bertz CT molecular complexity index is 1320. The van der Waals surface area contributed by atoms with Gasteiger partial charge in [0.25, 0.3) is 0 Å². The zero-order valence-electron chi connectivity index (χ0n) is 18.9. The minimum atomic E-state index is -4.80. The van der Waals surface area contributed by atoms with Crippen molar-refractivity contribution >= 4 is 43.8 Å². The highest BCUT2D eigenvalue weighted by molar-refractivity contribution is 7.70. The highest BCUT2D eigenvalue weighted by atomic mass is 35.5. The first kappa shape index (κ1) is 27.1. The number of rotatable bonds is 9. The Morgan fingerprint density at radius 1 is 1.17 bits per heavy atom. The van der Waals surface area contributed by atoms with E-state index in [0.29, 0.717) is 5.82 Å². The fourth-order valence-electron chi connectivity index (χ4n) is 4.15. The molecule has 0 aliphatic heterocycles. The van der Waals surface area contributed by atoms with Crippen molar-refractivity contribution in [3.05, 3.63) is 41.2 Å². The Morgan fingerprint density at radius 2 is 1.86 bits per heavy atom. The number of aliphatic hydroxyl groups is 2. The van der Waals surface area contributed by atoms with Crippen LogP contribution in [0.25, 0.3) is 11.2 Å². The van der Waals surface area contributed by atoms with Crippen molar-refractivity contribution in [3.63, 3.8) is 0 Å². The maximum absolute atomic E-state index is 12.0. The third-order valence-electron chi connectivity index (χ3n) is 5.89. The molecule has 6 N–H and O–H groups in total. The average Bonchev–Trinajstić information content (AvgIpc) is 3.32. The van der Waals surface area contributed by atoms with Crippen molar-refractivity contribution in [1.82, 2.24) is 25.0 Å². The van der Waals surface area contributed by atoms with Crippen molar-refractivity contribution in [1.29, 1.82) is 0 Å². The standard InChI is InChI=1S/C19H25ClN6O8P2/c1-10(11-5-3-2-4-6-11)21-17-14-18(23-19(20)22-17)26(25-24-14)13-7-12(15(27)16(13)28)8-34-36(32,33)9-35(29,30)31/h2-6,10,12-13,15-16,27-28H,7-9H2,1H3,(H,32,33)(H,21,22,23)(H2,29,30,31)/t10-,12+,13+,15+,16-/m0/s1. The van der Waals surface area contributed by atoms with Gasteiger partial charge in [-0.05, 0) is 30.5 Å². The number of hydrogen-bond donors (Lipinski definition) is 6. The topological polar surface area (TPSA) is 213 Å². The number of halogens is 1. The highest BCUT2D eigenvalue weighted by Crippen LogP contribution is 2.56. The first-order valence-corrected chi connectivity index (χ1v) is 14.8. The third kappa shape index (κ3) is 6.10. The number of hydrogen-bond acceptors (Lipinski definition) is 10. The molecule has 0 spiro atoms. The Labute approximate surface area is 210 Å². The van der Waals surface area contributed by atoms with Crippen LogP contribution < -0.4 is 5.32 Å². The summed E-state index contributed by atoms with van der Waals surface area (Å²) in [6.45, 7) is 1.40. The van der Waals surface area contributed by atoms with E-state index in [9.17, 15) is 24.2 Å². The van der Waals surface area contributed by atoms with Crippen molar-refractivity contribution < 1.29 is 38.5 Å². The lowest BCUT2D eigenvalue weighted by atomic mass is 10.1. The van der Waals surface area contributed by atoms with Crippen molar-refractivity contribution in [2.45, 2.75) is 37.6 Å². The van der Waals surface area contributed by atoms with Gasteiger partial charge in [-0.2, -0.15) is 9.97 Å². The van der Waals surface area contributed by atoms with Crippen molar-refractivity contribution in [3.8, 4) is 0 Å². The molecule has 1 aliphatic rings. The fourth-order valence-corrected chi connectivity index (χ4v) is 6.93. The van der Waals surface area contributed by atoms with Crippen LogP contribution in [0.1, 0.15) is 31.0 Å². The summed E-state index contributed by atoms with van der Waals surface area (Å²) in [7, 11) is -9.42. The number of nitrogens with one attached hydrogen (secondary N) is 1. The molecule has 1 saturated carbocycles. The molecule has 0 amide bonds. The van der Waals surface area contributed by atoms with Crippen LogP contribution in [0, 0.1) is 5.92 Å². The molecule has 4 rings (SSSR count). The maximum atomic E-state index is 12.0. The SMILES string of the molecule is C[C@H](Nc1nc(Cl)nc2c1nnn2[C@@H]1C[C@H](COP(=O)(O)CP(=O)(O)O)[C@@H](O)[C@H]1O)c1ccccc1. The predicted molar refractivity (Wildman–Crippen MR) is 128 cm³/mol. The van der Waals surface area contributed by atoms with E-state index in [2.05, 4.69) is 25.6 Å². The molecular formula is C19H25ClN6O8P2. The quantitative estimate of drug-likeness (QED) is 0.162. The van der Waals surface area contributed by atoms with Gasteiger partial charge in [-0.1, -0.05) is 35.5 Å². The van der Waals surface area contributed by atoms with Gasteiger partial charge >= 0.3 is 15.2 Å². The highest BCUT2D eigenvalue weighted by Gasteiger charge is 2.45. The number of aliphatic hydroxyl groups excluding tert-OH is 2. The Hall–Kier alpha value is -1.99. The van der Waals surface area contributed by atoms with Gasteiger partial charge in [-0.3, -0.25) is 9.13 Å². The Morgan fingerprint density at radius 3 is 2.53 bits per heavy atom. The smallest absolute Gasteiger partial charge is 0.340 e. The van der Waals surface area contributed by atoms with E-state index in [4.69, 9.17) is 25.9 Å². The first-order valence-electron chi connectivity index (χ1n) is 10.8. The second kappa shape index (κ2) is 10.4. The van der Waals surface area contributed by atoms with Gasteiger partial charge in [0.2, 0.25) is 5.28 Å². The van der Waals surface area contributed by atoms with E-state index >= 15 is 0 Å². The second-order valence-corrected chi connectivity index (χ2v) is 12.9. The molecule has 36 heavy (non-hydrogen) atoms. The lowest BCUT2D eigenvalue weighted by Gasteiger charge is -2.19. The molecule has 14 nitrogen and oxygen atoms in total. The summed E-state index contributed by atoms with van der Waals surface area (Å²) in [5.74, 6) is -1.87. The van der Waals surface area contributed by atoms with Gasteiger partial charge in [0, 0.05) is 5.92 Å². The summed E-state index contributed by atoms with van der Waals surface area (Å²) in [4.78, 5) is 36.0. The van der Waals surface area contributed by atoms with Gasteiger partial charge in [-0.25, -0.2) is 4.68 Å². The summed E-state index contributed by atoms with van der Waals surface area (Å²) in [5, 5.41) is 32.5. The molecule has 2 aromatic heterocycles. The molecule has 196 valence electrons. The molecule has 0 saturated heterocycles. The first-order chi connectivity index (χ1) is 16.8. The zero-order chi connectivity index (χ0) is 26.3. The van der Waals surface area contributed by atoms with Gasteiger partial charge in [0.05, 0.1) is 24.8 Å². The van der Waals surface area contributed by atoms with E-state index in [1.54, 1.807) is 0 Å². The van der Waals surface area contributed by atoms with Crippen LogP contribution in [-0.4, -0.2) is 74.6 Å². The molecule has 1 aromatic carbocycles. The van der Waals surface area contributed by atoms with E-state index in [1.165, 1.54) is 4.68 Å². The van der Waals surface area contributed by atoms with Crippen molar-refractivity contribution in [2.75, 3.05) is 17.8 Å². The summed E-state index contributed by atoms with van der Waals surface area (Å²) in [6.07, 6.45) is -2.70. The molecule has 2 heterocycles. The van der Waals surface area contributed by atoms with Gasteiger partial charge in [-0.15, -0.1) is 5.10 Å². The minimum absolute atomic E-state index is 0.0432. The van der Waals surface area contributed by atoms with Gasteiger partial charge < -0.3 is 34.7 Å². The van der Waals surface area contributed by atoms with Crippen molar-refractivity contribution in [2.24, 2.45) is 5.92 Å². The fraction of sp³-hybridized carbons (Fsp3) is 0.474. The normalized spacial score (nSPS) is 25.1. The molecule has 6 atom stereocenters. The zero-order valence-corrected chi connectivity index (χ0v) is 21.4. The number of nitrogens with zero attached hydrogens (tertiary/aromatic N) is 5. The molecule has 3 aromatic rings. The molecule has 17 heteroatoms. The lowest BCUT2D eigenvalue weighted by molar-refractivity contribution is -0.00362. The third-order valence-corrected chi connectivity index (χ3v) is 9.51. The second-order valence-electron chi connectivity index (χ2n) is 8.61. The van der Waals surface area contributed by atoms with Crippen LogP contribution in [0.3, 0.4) is 0 Å². The lowest BCUT2D eigenvalue weighted by Crippen LogP contribution is -2.31. The molecule has 1 fully saturated rings. The van der Waals surface area contributed by atoms with E-state index in [-0.39, 0.29) is 28.9 Å². The number of benzene rings is 1. The van der Waals surface area contributed by atoms with Gasteiger partial charge in [0.15, 0.2) is 22.9 Å². The maximum Gasteiger partial charge on any atom is 0.340 e. The molecular weight excluding hydrogens is 538 g/mol. The van der Waals surface area contributed by atoms with E-state index in [1.807, 2.05) is 37.3 Å². The molecule has 1 aliphatic carbocycles. The largest absolute Gasteiger partial charge is 0.390 e. The summed E-state index contributed by atoms with van der Waals surface area (Å²) >= 11 is 6.15. The molecule has 0 radical (unpaired) electrons. The average molecular weight is 563 g/mol. The Balaban J connectivity index is 1.55. The van der Waals surface area contributed by atoms with Crippen LogP contribution in [0.4, 0.5) is 5.82 Å². The Kier molecular flexibility index (Phi) is 7.82. The molecule has 1 unspecified atom stereocenters. The minimum Gasteiger partial charge on any atom is -0.390 e. The van der Waals surface area contributed by atoms with Crippen LogP contribution in [0.15, 0.2) is 30.3 Å². The van der Waals surface area contributed by atoms with Crippen LogP contribution in [0.5, 0.6) is 0 Å². The van der Waals surface area contributed by atoms with E-state index < -0.39 is 51.9 Å². The predicted octanol–water partition coefficient (Wildman–Crippen LogP) is 1.67. The summed E-state index contributed by atoms with van der Waals surface area (Å²) < 4.78 is 29.1. The van der Waals surface area contributed by atoms with E-state index in [0.717, 1.165) is 5.56 Å². The summed E-state index contributed by atoms with van der Waals surface area (Å²) in [5.41, 5.74) is 1.47. The number of anilines is 1. The number of aromatic nitrogens is 5. The number of fused-ring (bicyclic) bond motifs is 1. The molecule has 0 bridgehead atoms. The van der Waals surface area contributed by atoms with Gasteiger partial charge in [0.1, 0.15) is 6.10 Å². The van der Waals surface area contributed by atoms with Crippen LogP contribution in [0.2, 0.25) is 5.28 Å². The van der Waals surface area contributed by atoms with Crippen LogP contribution >= 0.6 is 26.8 Å². The monoisotopic (exact) mass is 562 g/mol. The van der Waals surface area contributed by atoms with Crippen LogP contribution in [-0.2, 0) is 13.7 Å². The summed E-state index contributed by atoms with van der Waals surface area (Å²) in [6, 6.07) is 8.59.